The Morgan fingerprint density at radius 1 is 1.50 bits per heavy atom. The highest BCUT2D eigenvalue weighted by atomic mass is 35.5. The highest BCUT2D eigenvalue weighted by Gasteiger charge is 2.38. The van der Waals surface area contributed by atoms with Gasteiger partial charge >= 0.3 is 0 Å². The second-order valence-corrected chi connectivity index (χ2v) is 6.57. The second kappa shape index (κ2) is 5.20. The number of halogens is 1. The van der Waals surface area contributed by atoms with E-state index in [0.29, 0.717) is 6.04 Å². The molecule has 2 nitrogen and oxygen atoms in total. The summed E-state index contributed by atoms with van der Waals surface area (Å²) < 4.78 is 0. The van der Waals surface area contributed by atoms with Gasteiger partial charge in [0.15, 0.2) is 0 Å². The SMILES string of the molecule is CC(CO)CNC1c2cc(Cl)ccc2CC1(C)C. The first-order valence-corrected chi connectivity index (χ1v) is 6.94. The fourth-order valence-corrected chi connectivity index (χ4v) is 2.96. The quantitative estimate of drug-likeness (QED) is 0.878. The van der Waals surface area contributed by atoms with Crippen molar-refractivity contribution in [3.05, 3.63) is 34.3 Å². The Balaban J connectivity index is 2.20. The Hall–Kier alpha value is -0.570. The van der Waals surface area contributed by atoms with Crippen LogP contribution >= 0.6 is 11.6 Å². The number of aliphatic hydroxyl groups is 1. The van der Waals surface area contributed by atoms with Crippen molar-refractivity contribution < 1.29 is 5.11 Å². The largest absolute Gasteiger partial charge is 0.396 e. The fraction of sp³-hybridized carbons (Fsp3) is 0.600. The van der Waals surface area contributed by atoms with Gasteiger partial charge in [-0.25, -0.2) is 0 Å². The molecule has 18 heavy (non-hydrogen) atoms. The molecule has 0 saturated carbocycles. The summed E-state index contributed by atoms with van der Waals surface area (Å²) in [5.74, 6) is 0.282. The highest BCUT2D eigenvalue weighted by Crippen LogP contribution is 2.45. The van der Waals surface area contributed by atoms with E-state index in [9.17, 15) is 0 Å². The molecule has 1 aliphatic rings. The maximum absolute atomic E-state index is 9.12. The Morgan fingerprint density at radius 2 is 2.22 bits per heavy atom. The maximum atomic E-state index is 9.12. The molecule has 0 aliphatic heterocycles. The van der Waals surface area contributed by atoms with E-state index in [1.54, 1.807) is 0 Å². The molecule has 0 spiro atoms. The standard InChI is InChI=1S/C15H22ClNO/c1-10(9-18)8-17-14-13-6-12(16)5-4-11(13)7-15(14,2)3/h4-6,10,14,17-18H,7-9H2,1-3H3. The van der Waals surface area contributed by atoms with Crippen molar-refractivity contribution in [1.82, 2.24) is 5.32 Å². The van der Waals surface area contributed by atoms with Gasteiger partial charge in [0.05, 0.1) is 0 Å². The van der Waals surface area contributed by atoms with Crippen LogP contribution < -0.4 is 5.32 Å². The van der Waals surface area contributed by atoms with Gasteiger partial charge in [-0.3, -0.25) is 0 Å². The zero-order valence-corrected chi connectivity index (χ0v) is 12.1. The van der Waals surface area contributed by atoms with Gasteiger partial charge in [0, 0.05) is 24.2 Å². The molecule has 0 radical (unpaired) electrons. The van der Waals surface area contributed by atoms with E-state index in [-0.39, 0.29) is 17.9 Å². The molecular formula is C15H22ClNO. The van der Waals surface area contributed by atoms with E-state index in [2.05, 4.69) is 31.3 Å². The van der Waals surface area contributed by atoms with E-state index >= 15 is 0 Å². The van der Waals surface area contributed by atoms with Gasteiger partial charge in [-0.15, -0.1) is 0 Å². The number of benzene rings is 1. The minimum absolute atomic E-state index is 0.197. The lowest BCUT2D eigenvalue weighted by Crippen LogP contribution is -2.34. The molecule has 1 aromatic carbocycles. The lowest BCUT2D eigenvalue weighted by Gasteiger charge is -2.29. The maximum Gasteiger partial charge on any atom is 0.0468 e. The average Bonchev–Trinajstić information content (AvgIpc) is 2.56. The smallest absolute Gasteiger partial charge is 0.0468 e. The molecule has 2 atom stereocenters. The summed E-state index contributed by atoms with van der Waals surface area (Å²) in [6.07, 6.45) is 1.07. The predicted molar refractivity (Wildman–Crippen MR) is 75.9 cm³/mol. The monoisotopic (exact) mass is 267 g/mol. The number of aliphatic hydroxyl groups excluding tert-OH is 1. The third kappa shape index (κ3) is 2.71. The summed E-state index contributed by atoms with van der Waals surface area (Å²) in [6, 6.07) is 6.50. The normalized spacial score (nSPS) is 22.8. The third-order valence-corrected chi connectivity index (χ3v) is 4.06. The lowest BCUT2D eigenvalue weighted by atomic mass is 9.85. The Labute approximate surface area is 114 Å². The summed E-state index contributed by atoms with van der Waals surface area (Å²) >= 11 is 6.10. The van der Waals surface area contributed by atoms with E-state index in [1.807, 2.05) is 13.0 Å². The van der Waals surface area contributed by atoms with Crippen LogP contribution in [-0.2, 0) is 6.42 Å². The summed E-state index contributed by atoms with van der Waals surface area (Å²) in [6.45, 7) is 7.66. The van der Waals surface area contributed by atoms with E-state index in [0.717, 1.165) is 18.0 Å². The van der Waals surface area contributed by atoms with Crippen LogP contribution in [0.1, 0.15) is 37.9 Å². The van der Waals surface area contributed by atoms with Crippen molar-refractivity contribution in [2.24, 2.45) is 11.3 Å². The second-order valence-electron chi connectivity index (χ2n) is 6.14. The van der Waals surface area contributed by atoms with Crippen molar-refractivity contribution >= 4 is 11.6 Å². The predicted octanol–water partition coefficient (Wildman–Crippen LogP) is 3.18. The molecule has 100 valence electrons. The lowest BCUT2D eigenvalue weighted by molar-refractivity contribution is 0.209. The molecule has 0 aromatic heterocycles. The van der Waals surface area contributed by atoms with Crippen LogP contribution in [0.15, 0.2) is 18.2 Å². The third-order valence-electron chi connectivity index (χ3n) is 3.83. The molecule has 0 heterocycles. The molecule has 1 aromatic rings. The van der Waals surface area contributed by atoms with Crippen molar-refractivity contribution in [2.45, 2.75) is 33.2 Å². The van der Waals surface area contributed by atoms with Gasteiger partial charge in [0.1, 0.15) is 0 Å². The summed E-state index contributed by atoms with van der Waals surface area (Å²) in [7, 11) is 0. The first-order valence-electron chi connectivity index (χ1n) is 6.56. The molecular weight excluding hydrogens is 246 g/mol. The number of fused-ring (bicyclic) bond motifs is 1. The van der Waals surface area contributed by atoms with Gasteiger partial charge in [-0.05, 0) is 41.0 Å². The molecule has 3 heteroatoms. The van der Waals surface area contributed by atoms with E-state index < -0.39 is 0 Å². The van der Waals surface area contributed by atoms with Gasteiger partial charge in [-0.2, -0.15) is 0 Å². The minimum Gasteiger partial charge on any atom is -0.396 e. The molecule has 1 aliphatic carbocycles. The van der Waals surface area contributed by atoms with Crippen molar-refractivity contribution in [1.29, 1.82) is 0 Å². The molecule has 0 amide bonds. The van der Waals surface area contributed by atoms with Gasteiger partial charge in [-0.1, -0.05) is 38.4 Å². The highest BCUT2D eigenvalue weighted by molar-refractivity contribution is 6.30. The van der Waals surface area contributed by atoms with Gasteiger partial charge < -0.3 is 10.4 Å². The van der Waals surface area contributed by atoms with Gasteiger partial charge in [0.2, 0.25) is 0 Å². The van der Waals surface area contributed by atoms with Crippen LogP contribution in [-0.4, -0.2) is 18.3 Å². The molecule has 2 N–H and O–H groups in total. The first-order chi connectivity index (χ1) is 8.44. The van der Waals surface area contributed by atoms with Gasteiger partial charge in [0.25, 0.3) is 0 Å². The van der Waals surface area contributed by atoms with Crippen LogP contribution in [0.2, 0.25) is 5.02 Å². The number of hydrogen-bond donors (Lipinski definition) is 2. The number of hydrogen-bond acceptors (Lipinski definition) is 2. The van der Waals surface area contributed by atoms with E-state index in [4.69, 9.17) is 16.7 Å². The molecule has 2 unspecified atom stereocenters. The topological polar surface area (TPSA) is 32.3 Å². The van der Waals surface area contributed by atoms with Crippen molar-refractivity contribution in [3.8, 4) is 0 Å². The average molecular weight is 268 g/mol. The first kappa shape index (κ1) is 13.9. The van der Waals surface area contributed by atoms with Crippen LogP contribution in [0.25, 0.3) is 0 Å². The fourth-order valence-electron chi connectivity index (χ4n) is 2.78. The van der Waals surface area contributed by atoms with E-state index in [1.165, 1.54) is 11.1 Å². The van der Waals surface area contributed by atoms with Crippen LogP contribution in [0.5, 0.6) is 0 Å². The zero-order chi connectivity index (χ0) is 13.3. The van der Waals surface area contributed by atoms with Crippen LogP contribution in [0, 0.1) is 11.3 Å². The summed E-state index contributed by atoms with van der Waals surface area (Å²) in [5.41, 5.74) is 2.90. The van der Waals surface area contributed by atoms with Crippen LogP contribution in [0.3, 0.4) is 0 Å². The molecule has 0 bridgehead atoms. The minimum atomic E-state index is 0.197. The van der Waals surface area contributed by atoms with Crippen molar-refractivity contribution in [3.63, 3.8) is 0 Å². The summed E-state index contributed by atoms with van der Waals surface area (Å²) in [5, 5.41) is 13.5. The Bertz CT molecular complexity index is 431. The van der Waals surface area contributed by atoms with Crippen molar-refractivity contribution in [2.75, 3.05) is 13.2 Å². The van der Waals surface area contributed by atoms with Crippen LogP contribution in [0.4, 0.5) is 0 Å². The number of nitrogens with one attached hydrogen (secondary N) is 1. The molecule has 0 saturated heterocycles. The molecule has 2 rings (SSSR count). The Morgan fingerprint density at radius 3 is 2.89 bits per heavy atom. The molecule has 0 fully saturated rings. The Kier molecular flexibility index (Phi) is 4.00. The zero-order valence-electron chi connectivity index (χ0n) is 11.3. The summed E-state index contributed by atoms with van der Waals surface area (Å²) in [4.78, 5) is 0. The number of rotatable bonds is 4.